The van der Waals surface area contributed by atoms with Crippen LogP contribution in [-0.4, -0.2) is 36.5 Å². The highest BCUT2D eigenvalue weighted by molar-refractivity contribution is 6.35. The molecule has 0 saturated carbocycles. The lowest BCUT2D eigenvalue weighted by Crippen LogP contribution is -2.09. The van der Waals surface area contributed by atoms with Gasteiger partial charge in [-0.1, -0.05) is 17.7 Å². The Bertz CT molecular complexity index is 584. The van der Waals surface area contributed by atoms with E-state index in [4.69, 9.17) is 32.7 Å². The van der Waals surface area contributed by atoms with Crippen molar-refractivity contribution in [2.45, 2.75) is 25.3 Å². The number of hydrogen-bond donors (Lipinski definition) is 0. The van der Waals surface area contributed by atoms with Crippen LogP contribution < -0.4 is 0 Å². The zero-order valence-electron chi connectivity index (χ0n) is 12.3. The second-order valence-electron chi connectivity index (χ2n) is 4.80. The van der Waals surface area contributed by atoms with Crippen molar-refractivity contribution in [1.82, 2.24) is 9.55 Å². The number of nitrogens with zero attached hydrogens (tertiary/aromatic N) is 2. The number of para-hydroxylation sites is 1. The van der Waals surface area contributed by atoms with Crippen LogP contribution in [0.5, 0.6) is 0 Å². The summed E-state index contributed by atoms with van der Waals surface area (Å²) in [5.41, 5.74) is 1.82. The van der Waals surface area contributed by atoms with Crippen LogP contribution in [0.25, 0.3) is 11.0 Å². The van der Waals surface area contributed by atoms with Crippen LogP contribution in [0.3, 0.4) is 0 Å². The van der Waals surface area contributed by atoms with E-state index in [2.05, 4.69) is 9.55 Å². The average Bonchev–Trinajstić information content (AvgIpc) is 2.83. The van der Waals surface area contributed by atoms with Crippen LogP contribution >= 0.6 is 23.2 Å². The summed E-state index contributed by atoms with van der Waals surface area (Å²) < 4.78 is 12.5. The molecule has 4 nitrogen and oxygen atoms in total. The fourth-order valence-electron chi connectivity index (χ4n) is 2.26. The van der Waals surface area contributed by atoms with Gasteiger partial charge in [-0.2, -0.15) is 0 Å². The van der Waals surface area contributed by atoms with E-state index in [0.29, 0.717) is 24.8 Å². The van der Waals surface area contributed by atoms with Gasteiger partial charge in [-0.05, 0) is 25.5 Å². The van der Waals surface area contributed by atoms with Crippen molar-refractivity contribution >= 4 is 34.2 Å². The highest BCUT2D eigenvalue weighted by Gasteiger charge is 2.16. The Labute approximate surface area is 135 Å². The number of benzene rings is 1. The van der Waals surface area contributed by atoms with E-state index >= 15 is 0 Å². The molecule has 0 aliphatic rings. The number of rotatable bonds is 8. The molecule has 116 valence electrons. The summed E-state index contributed by atoms with van der Waals surface area (Å²) in [6, 6.07) is 5.73. The zero-order chi connectivity index (χ0) is 15.2. The van der Waals surface area contributed by atoms with Crippen LogP contribution in [-0.2, 0) is 16.0 Å². The minimum absolute atomic E-state index is 0.164. The zero-order valence-corrected chi connectivity index (χ0v) is 13.8. The Morgan fingerprint density at radius 1 is 1.29 bits per heavy atom. The number of aromatic nitrogens is 2. The lowest BCUT2D eigenvalue weighted by Gasteiger charge is -2.11. The van der Waals surface area contributed by atoms with Crippen LogP contribution in [0, 0.1) is 0 Å². The average molecular weight is 331 g/mol. The SMILES string of the molecule is COCCOCCCn1c(C(C)Cl)nc2cccc(Cl)c21. The second-order valence-corrected chi connectivity index (χ2v) is 5.87. The van der Waals surface area contributed by atoms with Crippen molar-refractivity contribution in [1.29, 1.82) is 0 Å². The van der Waals surface area contributed by atoms with Crippen LogP contribution in [0.15, 0.2) is 18.2 Å². The van der Waals surface area contributed by atoms with Crippen LogP contribution in [0.2, 0.25) is 5.02 Å². The van der Waals surface area contributed by atoms with E-state index in [-0.39, 0.29) is 5.38 Å². The second kappa shape index (κ2) is 7.99. The Morgan fingerprint density at radius 3 is 2.81 bits per heavy atom. The van der Waals surface area contributed by atoms with E-state index in [9.17, 15) is 0 Å². The number of methoxy groups -OCH3 is 1. The van der Waals surface area contributed by atoms with Gasteiger partial charge in [-0.3, -0.25) is 0 Å². The number of ether oxygens (including phenoxy) is 2. The third-order valence-corrected chi connectivity index (χ3v) is 3.71. The first kappa shape index (κ1) is 16.6. The Balaban J connectivity index is 2.11. The van der Waals surface area contributed by atoms with E-state index in [0.717, 1.165) is 29.8 Å². The quantitative estimate of drug-likeness (QED) is 0.541. The topological polar surface area (TPSA) is 36.3 Å². The highest BCUT2D eigenvalue weighted by Crippen LogP contribution is 2.29. The van der Waals surface area contributed by atoms with Crippen molar-refractivity contribution in [3.05, 3.63) is 29.0 Å². The molecule has 0 amide bonds. The molecule has 0 aliphatic heterocycles. The molecule has 2 rings (SSSR count). The summed E-state index contributed by atoms with van der Waals surface area (Å²) in [7, 11) is 1.66. The maximum atomic E-state index is 6.31. The molecule has 0 fully saturated rings. The van der Waals surface area contributed by atoms with Crippen LogP contribution in [0.4, 0.5) is 0 Å². The lowest BCUT2D eigenvalue weighted by molar-refractivity contribution is 0.0680. The van der Waals surface area contributed by atoms with Crippen LogP contribution in [0.1, 0.15) is 24.5 Å². The number of aryl methyl sites for hydroxylation is 1. The molecular formula is C15H20Cl2N2O2. The molecule has 0 aliphatic carbocycles. The summed E-state index contributed by atoms with van der Waals surface area (Å²) in [6.07, 6.45) is 0.872. The third-order valence-electron chi connectivity index (χ3n) is 3.20. The normalized spacial score (nSPS) is 13.0. The molecule has 1 aromatic heterocycles. The Kier molecular flexibility index (Phi) is 6.30. The summed E-state index contributed by atoms with van der Waals surface area (Å²) in [4.78, 5) is 4.59. The standard InChI is InChI=1S/C15H20Cl2N2O2/c1-11(16)15-18-13-6-3-5-12(17)14(13)19(15)7-4-8-21-10-9-20-2/h3,5-6,11H,4,7-10H2,1-2H3. The summed E-state index contributed by atoms with van der Waals surface area (Å²) in [5.74, 6) is 0.844. The largest absolute Gasteiger partial charge is 0.382 e. The predicted octanol–water partition coefficient (Wildman–Crippen LogP) is 4.04. The van der Waals surface area contributed by atoms with E-state index in [1.807, 2.05) is 25.1 Å². The molecule has 1 heterocycles. The molecule has 0 saturated heterocycles. The monoisotopic (exact) mass is 330 g/mol. The molecule has 6 heteroatoms. The molecule has 0 N–H and O–H groups in total. The predicted molar refractivity (Wildman–Crippen MR) is 86.3 cm³/mol. The van der Waals surface area contributed by atoms with Gasteiger partial charge in [-0.25, -0.2) is 4.98 Å². The molecule has 21 heavy (non-hydrogen) atoms. The summed E-state index contributed by atoms with van der Waals surface area (Å²) in [6.45, 7) is 4.59. The molecule has 0 radical (unpaired) electrons. The molecule has 1 aromatic carbocycles. The highest BCUT2D eigenvalue weighted by atomic mass is 35.5. The first-order valence-electron chi connectivity index (χ1n) is 7.00. The van der Waals surface area contributed by atoms with Gasteiger partial charge in [0.05, 0.1) is 34.6 Å². The number of alkyl halides is 1. The van der Waals surface area contributed by atoms with E-state index in [1.54, 1.807) is 7.11 Å². The number of imidazole rings is 1. The molecule has 1 atom stereocenters. The summed E-state index contributed by atoms with van der Waals surface area (Å²) >= 11 is 12.5. The number of hydrogen-bond acceptors (Lipinski definition) is 3. The maximum absolute atomic E-state index is 6.31. The van der Waals surface area contributed by atoms with Crippen molar-refractivity contribution < 1.29 is 9.47 Å². The van der Waals surface area contributed by atoms with Gasteiger partial charge in [0.25, 0.3) is 0 Å². The van der Waals surface area contributed by atoms with Gasteiger partial charge in [0.2, 0.25) is 0 Å². The van der Waals surface area contributed by atoms with Gasteiger partial charge in [0.15, 0.2) is 0 Å². The minimum Gasteiger partial charge on any atom is -0.382 e. The molecule has 1 unspecified atom stereocenters. The van der Waals surface area contributed by atoms with Gasteiger partial charge in [0, 0.05) is 20.3 Å². The van der Waals surface area contributed by atoms with Crippen molar-refractivity contribution in [2.75, 3.05) is 26.9 Å². The van der Waals surface area contributed by atoms with E-state index < -0.39 is 0 Å². The molecule has 0 bridgehead atoms. The van der Waals surface area contributed by atoms with Gasteiger partial charge < -0.3 is 14.0 Å². The molecule has 2 aromatic rings. The van der Waals surface area contributed by atoms with Gasteiger partial charge >= 0.3 is 0 Å². The van der Waals surface area contributed by atoms with Crippen molar-refractivity contribution in [3.63, 3.8) is 0 Å². The summed E-state index contributed by atoms with van der Waals surface area (Å²) in [5, 5.41) is 0.534. The lowest BCUT2D eigenvalue weighted by atomic mass is 10.3. The first-order chi connectivity index (χ1) is 10.1. The molecule has 0 spiro atoms. The fourth-order valence-corrected chi connectivity index (χ4v) is 2.70. The maximum Gasteiger partial charge on any atom is 0.127 e. The Hall–Kier alpha value is -0.810. The van der Waals surface area contributed by atoms with Gasteiger partial charge in [0.1, 0.15) is 5.82 Å². The minimum atomic E-state index is -0.164. The smallest absolute Gasteiger partial charge is 0.127 e. The van der Waals surface area contributed by atoms with Crippen molar-refractivity contribution in [2.24, 2.45) is 0 Å². The van der Waals surface area contributed by atoms with Gasteiger partial charge in [-0.15, -0.1) is 11.6 Å². The number of fused-ring (bicyclic) bond motifs is 1. The third kappa shape index (κ3) is 4.10. The van der Waals surface area contributed by atoms with E-state index in [1.165, 1.54) is 0 Å². The fraction of sp³-hybridized carbons (Fsp3) is 0.533. The van der Waals surface area contributed by atoms with Crippen molar-refractivity contribution in [3.8, 4) is 0 Å². The first-order valence-corrected chi connectivity index (χ1v) is 7.82. The molecular weight excluding hydrogens is 311 g/mol. The number of halogens is 2. The Morgan fingerprint density at radius 2 is 2.10 bits per heavy atom.